The van der Waals surface area contributed by atoms with Gasteiger partial charge in [-0.15, -0.1) is 0 Å². The molecule has 1 heterocycles. The molecule has 0 spiro atoms. The van der Waals surface area contributed by atoms with E-state index in [2.05, 4.69) is 0 Å². The zero-order chi connectivity index (χ0) is 28.8. The van der Waals surface area contributed by atoms with Gasteiger partial charge in [-0.3, -0.25) is 0 Å². The van der Waals surface area contributed by atoms with Crippen molar-refractivity contribution in [3.8, 4) is 0 Å². The number of hydrogen-bond acceptors (Lipinski definition) is 6. The lowest BCUT2D eigenvalue weighted by molar-refractivity contribution is -0.223. The van der Waals surface area contributed by atoms with Gasteiger partial charge in [0, 0.05) is 0 Å². The Kier molecular flexibility index (Phi) is 11.3. The van der Waals surface area contributed by atoms with Gasteiger partial charge in [0.05, 0.1) is 39.6 Å². The third-order valence-electron chi connectivity index (χ3n) is 7.09. The zero-order valence-corrected chi connectivity index (χ0v) is 23.7. The van der Waals surface area contributed by atoms with Gasteiger partial charge in [-0.05, 0) is 28.3 Å². The summed E-state index contributed by atoms with van der Waals surface area (Å²) in [4.78, 5) is 0. The molecular formula is C36H38O6. The van der Waals surface area contributed by atoms with Crippen LogP contribution in [0.15, 0.2) is 133 Å². The third-order valence-corrected chi connectivity index (χ3v) is 7.09. The Bertz CT molecular complexity index is 1330. The van der Waals surface area contributed by atoms with Gasteiger partial charge < -0.3 is 28.8 Å². The molecule has 0 unspecified atom stereocenters. The van der Waals surface area contributed by atoms with Crippen LogP contribution in [0.4, 0.5) is 0 Å². The Morgan fingerprint density at radius 2 is 0.976 bits per heavy atom. The molecule has 1 fully saturated rings. The second-order valence-electron chi connectivity index (χ2n) is 10.2. The van der Waals surface area contributed by atoms with Gasteiger partial charge in [-0.25, -0.2) is 0 Å². The number of aliphatic hydroxyl groups excluding tert-OH is 1. The first-order chi connectivity index (χ1) is 20.8. The molecule has 1 aliphatic rings. The average Bonchev–Trinajstić information content (AvgIpc) is 3.05. The Balaban J connectivity index is 1.41. The predicted molar refractivity (Wildman–Crippen MR) is 161 cm³/mol. The van der Waals surface area contributed by atoms with Crippen LogP contribution in [0.3, 0.4) is 0 Å². The van der Waals surface area contributed by atoms with Crippen molar-refractivity contribution in [2.75, 3.05) is 13.2 Å². The van der Waals surface area contributed by atoms with Gasteiger partial charge in [0.15, 0.2) is 6.10 Å². The van der Waals surface area contributed by atoms with E-state index in [0.717, 1.165) is 22.3 Å². The van der Waals surface area contributed by atoms with Crippen LogP contribution in [-0.2, 0) is 50.1 Å². The van der Waals surface area contributed by atoms with Crippen LogP contribution >= 0.6 is 0 Å². The summed E-state index contributed by atoms with van der Waals surface area (Å²) in [6.45, 7) is 1.61. The van der Waals surface area contributed by atoms with Gasteiger partial charge in [0.25, 0.3) is 0 Å². The van der Waals surface area contributed by atoms with E-state index in [1.54, 1.807) is 6.08 Å². The molecule has 6 nitrogen and oxygen atoms in total. The van der Waals surface area contributed by atoms with Crippen molar-refractivity contribution in [2.24, 2.45) is 0 Å². The van der Waals surface area contributed by atoms with E-state index in [1.165, 1.54) is 0 Å². The van der Waals surface area contributed by atoms with Crippen LogP contribution in [0.1, 0.15) is 22.3 Å². The highest BCUT2D eigenvalue weighted by molar-refractivity contribution is 5.18. The second-order valence-corrected chi connectivity index (χ2v) is 10.2. The fourth-order valence-corrected chi connectivity index (χ4v) is 4.96. The van der Waals surface area contributed by atoms with Crippen molar-refractivity contribution >= 4 is 0 Å². The largest absolute Gasteiger partial charge is 0.487 e. The molecule has 4 atom stereocenters. The van der Waals surface area contributed by atoms with Crippen LogP contribution in [0.25, 0.3) is 0 Å². The summed E-state index contributed by atoms with van der Waals surface area (Å²) in [6, 6.07) is 40.1. The smallest absolute Gasteiger partial charge is 0.150 e. The van der Waals surface area contributed by atoms with E-state index < -0.39 is 24.4 Å². The molecule has 4 aromatic rings. The Morgan fingerprint density at radius 1 is 0.548 bits per heavy atom. The molecule has 42 heavy (non-hydrogen) atoms. The molecule has 0 saturated carbocycles. The monoisotopic (exact) mass is 566 g/mol. The molecule has 0 bridgehead atoms. The van der Waals surface area contributed by atoms with E-state index in [9.17, 15) is 5.11 Å². The van der Waals surface area contributed by atoms with Crippen LogP contribution in [0, 0.1) is 0 Å². The van der Waals surface area contributed by atoms with E-state index in [0.29, 0.717) is 32.2 Å². The fourth-order valence-electron chi connectivity index (χ4n) is 4.96. The molecule has 0 amide bonds. The molecule has 1 aliphatic heterocycles. The van der Waals surface area contributed by atoms with Crippen molar-refractivity contribution in [3.63, 3.8) is 0 Å². The maximum Gasteiger partial charge on any atom is 0.150 e. The first kappa shape index (κ1) is 29.7. The summed E-state index contributed by atoms with van der Waals surface area (Å²) in [5.41, 5.74) is 4.18. The molecule has 1 saturated heterocycles. The van der Waals surface area contributed by atoms with Crippen molar-refractivity contribution in [2.45, 2.75) is 50.8 Å². The Labute approximate surface area is 248 Å². The lowest BCUT2D eigenvalue weighted by Crippen LogP contribution is -2.56. The number of ether oxygens (including phenoxy) is 5. The van der Waals surface area contributed by atoms with Gasteiger partial charge in [-0.1, -0.05) is 121 Å². The number of hydrogen-bond donors (Lipinski definition) is 1. The number of aliphatic hydroxyl groups is 1. The highest BCUT2D eigenvalue weighted by Gasteiger charge is 2.46. The van der Waals surface area contributed by atoms with Crippen molar-refractivity contribution < 1.29 is 28.8 Å². The van der Waals surface area contributed by atoms with Crippen molar-refractivity contribution in [3.05, 3.63) is 155 Å². The van der Waals surface area contributed by atoms with Crippen molar-refractivity contribution in [1.29, 1.82) is 0 Å². The highest BCUT2D eigenvalue weighted by atomic mass is 16.6. The maximum atomic E-state index is 9.93. The van der Waals surface area contributed by atoms with Crippen LogP contribution < -0.4 is 0 Å². The topological polar surface area (TPSA) is 66.4 Å². The van der Waals surface area contributed by atoms with E-state index in [4.69, 9.17) is 23.7 Å². The van der Waals surface area contributed by atoms with Gasteiger partial charge in [-0.2, -0.15) is 0 Å². The quantitative estimate of drug-likeness (QED) is 0.195. The van der Waals surface area contributed by atoms with Gasteiger partial charge in [0.1, 0.15) is 24.1 Å². The highest BCUT2D eigenvalue weighted by Crippen LogP contribution is 2.33. The lowest BCUT2D eigenvalue weighted by atomic mass is 9.96. The van der Waals surface area contributed by atoms with Crippen LogP contribution in [-0.4, -0.2) is 42.7 Å². The summed E-state index contributed by atoms with van der Waals surface area (Å²) in [5.74, 6) is 0.513. The SMILES string of the molecule is OC/C=C1/O[C@H](COCc2ccccc2)[C@@H](OCc2ccccc2)[C@H](OCc2ccccc2)[C@@H]1OCc1ccccc1. The molecule has 5 rings (SSSR count). The lowest BCUT2D eigenvalue weighted by Gasteiger charge is -2.43. The molecule has 4 aromatic carbocycles. The molecular weight excluding hydrogens is 528 g/mol. The standard InChI is InChI=1S/C36H38O6/c37-22-21-32-34(39-24-29-15-7-2-8-16-29)36(41-26-31-19-11-4-12-20-31)35(40-25-30-17-9-3-10-18-30)33(42-32)27-38-23-28-13-5-1-6-14-28/h1-21,33-37H,22-27H2/b32-21+/t33-,34-,35-,36-/m1/s1. The fraction of sp³-hybridized carbons (Fsp3) is 0.278. The molecule has 0 radical (unpaired) electrons. The first-order valence-corrected chi connectivity index (χ1v) is 14.4. The minimum absolute atomic E-state index is 0.195. The summed E-state index contributed by atoms with van der Waals surface area (Å²) in [6.07, 6.45) is -0.498. The normalized spacial score (nSPS) is 21.2. The van der Waals surface area contributed by atoms with E-state index in [1.807, 2.05) is 121 Å². The number of rotatable bonds is 14. The van der Waals surface area contributed by atoms with Crippen LogP contribution in [0.2, 0.25) is 0 Å². The minimum Gasteiger partial charge on any atom is -0.487 e. The summed E-state index contributed by atoms with van der Waals surface area (Å²) >= 11 is 0. The molecule has 1 N–H and O–H groups in total. The Hall–Kier alpha value is -3.78. The summed E-state index contributed by atoms with van der Waals surface area (Å²) in [5, 5.41) is 9.93. The molecule has 6 heteroatoms. The van der Waals surface area contributed by atoms with Crippen molar-refractivity contribution in [1.82, 2.24) is 0 Å². The van der Waals surface area contributed by atoms with E-state index in [-0.39, 0.29) is 13.2 Å². The molecule has 218 valence electrons. The minimum atomic E-state index is -0.604. The molecule has 0 aromatic heterocycles. The van der Waals surface area contributed by atoms with E-state index >= 15 is 0 Å². The van der Waals surface area contributed by atoms with Crippen LogP contribution in [0.5, 0.6) is 0 Å². The predicted octanol–water partition coefficient (Wildman–Crippen LogP) is 6.23. The first-order valence-electron chi connectivity index (χ1n) is 14.4. The van der Waals surface area contributed by atoms with Gasteiger partial charge >= 0.3 is 0 Å². The molecule has 0 aliphatic carbocycles. The average molecular weight is 567 g/mol. The summed E-state index contributed by atoms with van der Waals surface area (Å²) < 4.78 is 32.4. The second kappa shape index (κ2) is 16.0. The zero-order valence-electron chi connectivity index (χ0n) is 23.7. The van der Waals surface area contributed by atoms with Gasteiger partial charge in [0.2, 0.25) is 0 Å². The summed E-state index contributed by atoms with van der Waals surface area (Å²) in [7, 11) is 0. The number of benzene rings is 4. The Morgan fingerprint density at radius 3 is 1.45 bits per heavy atom. The maximum absolute atomic E-state index is 9.93. The third kappa shape index (κ3) is 8.61.